The Kier molecular flexibility index (Phi) is 5.49. The van der Waals surface area contributed by atoms with Gasteiger partial charge in [0.2, 0.25) is 0 Å². The van der Waals surface area contributed by atoms with Crippen LogP contribution in [0.15, 0.2) is 82.7 Å². The Morgan fingerprint density at radius 2 is 1.83 bits per heavy atom. The Labute approximate surface area is 176 Å². The first-order valence-electron chi connectivity index (χ1n) is 9.09. The molecule has 0 saturated heterocycles. The highest BCUT2D eigenvalue weighted by atomic mass is 32.2. The van der Waals surface area contributed by atoms with Crippen LogP contribution in [0.2, 0.25) is 0 Å². The minimum Gasteiger partial charge on any atom is -0.497 e. The Hall–Kier alpha value is -3.65. The zero-order valence-corrected chi connectivity index (χ0v) is 16.8. The van der Waals surface area contributed by atoms with E-state index in [-0.39, 0.29) is 11.2 Å². The van der Waals surface area contributed by atoms with Crippen LogP contribution < -0.4 is 10.3 Å². The summed E-state index contributed by atoms with van der Waals surface area (Å²) in [6, 6.07) is 20.7. The second kappa shape index (κ2) is 8.38. The minimum atomic E-state index is -0.469. The molecule has 0 saturated carbocycles. The van der Waals surface area contributed by atoms with Crippen LogP contribution in [0.1, 0.15) is 5.56 Å². The smallest absolute Gasteiger partial charge is 0.269 e. The molecule has 4 rings (SSSR count). The number of methoxy groups -OCH3 is 1. The third-order valence-corrected chi connectivity index (χ3v) is 5.58. The molecule has 7 nitrogen and oxygen atoms in total. The van der Waals surface area contributed by atoms with Crippen molar-refractivity contribution in [3.8, 4) is 11.4 Å². The summed E-state index contributed by atoms with van der Waals surface area (Å²) >= 11 is 1.42. The van der Waals surface area contributed by atoms with Crippen molar-refractivity contribution in [2.24, 2.45) is 0 Å². The van der Waals surface area contributed by atoms with E-state index >= 15 is 0 Å². The van der Waals surface area contributed by atoms with Crippen molar-refractivity contribution >= 4 is 28.4 Å². The monoisotopic (exact) mass is 419 g/mol. The number of ether oxygens (including phenoxy) is 1. The molecule has 0 unspecified atom stereocenters. The summed E-state index contributed by atoms with van der Waals surface area (Å²) < 4.78 is 6.77. The van der Waals surface area contributed by atoms with Gasteiger partial charge in [-0.1, -0.05) is 36.0 Å². The molecule has 0 aliphatic heterocycles. The van der Waals surface area contributed by atoms with Crippen molar-refractivity contribution in [3.05, 3.63) is 98.8 Å². The van der Waals surface area contributed by atoms with Crippen LogP contribution in [0, 0.1) is 10.1 Å². The molecule has 0 radical (unpaired) electrons. The first-order valence-corrected chi connectivity index (χ1v) is 10.1. The first-order chi connectivity index (χ1) is 14.6. The highest BCUT2D eigenvalue weighted by Crippen LogP contribution is 2.26. The molecular formula is C22H17N3O4S. The van der Waals surface area contributed by atoms with Crippen molar-refractivity contribution in [1.29, 1.82) is 0 Å². The fourth-order valence-electron chi connectivity index (χ4n) is 3.07. The first kappa shape index (κ1) is 19.7. The summed E-state index contributed by atoms with van der Waals surface area (Å²) in [7, 11) is 1.61. The average molecular weight is 419 g/mol. The fraction of sp³-hybridized carbons (Fsp3) is 0.0909. The molecule has 0 amide bonds. The number of aromatic nitrogens is 2. The Morgan fingerprint density at radius 3 is 2.57 bits per heavy atom. The quantitative estimate of drug-likeness (QED) is 0.197. The van der Waals surface area contributed by atoms with Crippen molar-refractivity contribution in [2.75, 3.05) is 7.11 Å². The maximum atomic E-state index is 13.2. The number of nitro groups is 1. The second-order valence-electron chi connectivity index (χ2n) is 6.47. The third-order valence-electron chi connectivity index (χ3n) is 4.57. The lowest BCUT2D eigenvalue weighted by Gasteiger charge is -2.13. The molecule has 1 aromatic heterocycles. The van der Waals surface area contributed by atoms with Crippen LogP contribution in [0.5, 0.6) is 5.75 Å². The number of hydrogen-bond acceptors (Lipinski definition) is 6. The van der Waals surface area contributed by atoms with Crippen LogP contribution in [-0.2, 0) is 5.75 Å². The van der Waals surface area contributed by atoms with Crippen molar-refractivity contribution in [3.63, 3.8) is 0 Å². The Morgan fingerprint density at radius 1 is 1.07 bits per heavy atom. The lowest BCUT2D eigenvalue weighted by Crippen LogP contribution is -2.21. The molecule has 150 valence electrons. The summed E-state index contributed by atoms with van der Waals surface area (Å²) in [6.07, 6.45) is 0. The van der Waals surface area contributed by atoms with Gasteiger partial charge in [-0.25, -0.2) is 4.98 Å². The van der Waals surface area contributed by atoms with E-state index in [0.29, 0.717) is 27.5 Å². The van der Waals surface area contributed by atoms with Crippen LogP contribution in [0.4, 0.5) is 5.69 Å². The number of fused-ring (bicyclic) bond motifs is 1. The van der Waals surface area contributed by atoms with Gasteiger partial charge < -0.3 is 4.74 Å². The van der Waals surface area contributed by atoms with Crippen molar-refractivity contribution in [2.45, 2.75) is 10.9 Å². The normalized spacial score (nSPS) is 10.8. The predicted octanol–water partition coefficient (Wildman–Crippen LogP) is 4.59. The lowest BCUT2D eigenvalue weighted by atomic mass is 10.2. The Bertz CT molecular complexity index is 1290. The molecule has 1 heterocycles. The molecule has 0 spiro atoms. The minimum absolute atomic E-state index is 0.0360. The van der Waals surface area contributed by atoms with Gasteiger partial charge in [0.05, 0.1) is 28.6 Å². The predicted molar refractivity (Wildman–Crippen MR) is 117 cm³/mol. The maximum Gasteiger partial charge on any atom is 0.269 e. The van der Waals surface area contributed by atoms with Gasteiger partial charge in [0.15, 0.2) is 5.16 Å². The van der Waals surface area contributed by atoms with Crippen molar-refractivity contribution in [1.82, 2.24) is 9.55 Å². The van der Waals surface area contributed by atoms with Gasteiger partial charge in [0.25, 0.3) is 11.2 Å². The van der Waals surface area contributed by atoms with E-state index in [1.165, 1.54) is 28.5 Å². The highest BCUT2D eigenvalue weighted by Gasteiger charge is 2.15. The molecule has 4 aromatic rings. The molecule has 0 N–H and O–H groups in total. The summed E-state index contributed by atoms with van der Waals surface area (Å²) in [5.41, 5.74) is 1.90. The number of nitro benzene ring substituents is 1. The zero-order chi connectivity index (χ0) is 21.1. The van der Waals surface area contributed by atoms with Crippen LogP contribution in [-0.4, -0.2) is 21.6 Å². The van der Waals surface area contributed by atoms with E-state index in [1.54, 1.807) is 37.4 Å². The molecular weight excluding hydrogens is 402 g/mol. The third kappa shape index (κ3) is 3.90. The molecule has 3 aromatic carbocycles. The van der Waals surface area contributed by atoms with Gasteiger partial charge >= 0.3 is 0 Å². The number of para-hydroxylation sites is 1. The molecule has 30 heavy (non-hydrogen) atoms. The molecule has 8 heteroatoms. The van der Waals surface area contributed by atoms with E-state index in [4.69, 9.17) is 4.74 Å². The molecule has 0 atom stereocenters. The van der Waals surface area contributed by atoms with E-state index in [2.05, 4.69) is 4.98 Å². The van der Waals surface area contributed by atoms with Gasteiger partial charge in [-0.05, 0) is 42.0 Å². The number of thioether (sulfide) groups is 1. The van der Waals surface area contributed by atoms with E-state index in [1.807, 2.05) is 30.3 Å². The summed E-state index contributed by atoms with van der Waals surface area (Å²) in [5, 5.41) is 12.0. The van der Waals surface area contributed by atoms with E-state index in [9.17, 15) is 14.9 Å². The molecule has 0 bridgehead atoms. The SMILES string of the molecule is COc1cccc(CSc2nc3ccccc3c(=O)n2-c2ccc([N+](=O)[O-])cc2)c1. The lowest BCUT2D eigenvalue weighted by molar-refractivity contribution is -0.384. The van der Waals surface area contributed by atoms with E-state index in [0.717, 1.165) is 11.3 Å². The fourth-order valence-corrected chi connectivity index (χ4v) is 4.03. The molecule has 0 aliphatic rings. The largest absolute Gasteiger partial charge is 0.497 e. The van der Waals surface area contributed by atoms with Gasteiger partial charge in [-0.2, -0.15) is 0 Å². The van der Waals surface area contributed by atoms with Crippen LogP contribution >= 0.6 is 11.8 Å². The van der Waals surface area contributed by atoms with Crippen LogP contribution in [0.3, 0.4) is 0 Å². The number of hydrogen-bond donors (Lipinski definition) is 0. The van der Waals surface area contributed by atoms with Crippen LogP contribution in [0.25, 0.3) is 16.6 Å². The average Bonchev–Trinajstić information content (AvgIpc) is 2.78. The summed E-state index contributed by atoms with van der Waals surface area (Å²) in [6.45, 7) is 0. The number of rotatable bonds is 6. The van der Waals surface area contributed by atoms with E-state index < -0.39 is 4.92 Å². The van der Waals surface area contributed by atoms with Gasteiger partial charge in [0.1, 0.15) is 5.75 Å². The molecule has 0 fully saturated rings. The standard InChI is InChI=1S/C22H17N3O4S/c1-29-18-6-4-5-15(13-18)14-30-22-23-20-8-3-2-7-19(20)21(26)24(22)16-9-11-17(12-10-16)25(27)28/h2-13H,14H2,1H3. The Balaban J connectivity index is 1.79. The number of non-ortho nitro benzene ring substituents is 1. The number of nitrogens with zero attached hydrogens (tertiary/aromatic N) is 3. The zero-order valence-electron chi connectivity index (χ0n) is 16.0. The summed E-state index contributed by atoms with van der Waals surface area (Å²) in [4.78, 5) is 28.4. The van der Waals surface area contributed by atoms with Crippen molar-refractivity contribution < 1.29 is 9.66 Å². The van der Waals surface area contributed by atoms with Gasteiger partial charge in [-0.3, -0.25) is 19.5 Å². The second-order valence-corrected chi connectivity index (χ2v) is 7.41. The topological polar surface area (TPSA) is 87.3 Å². The number of benzene rings is 3. The maximum absolute atomic E-state index is 13.2. The van der Waals surface area contributed by atoms with Gasteiger partial charge in [-0.15, -0.1) is 0 Å². The highest BCUT2D eigenvalue weighted by molar-refractivity contribution is 7.98. The molecule has 0 aliphatic carbocycles. The summed E-state index contributed by atoms with van der Waals surface area (Å²) in [5.74, 6) is 1.34. The van der Waals surface area contributed by atoms with Gasteiger partial charge in [0, 0.05) is 17.9 Å².